The van der Waals surface area contributed by atoms with Gasteiger partial charge in [-0.15, -0.1) is 5.10 Å². The zero-order valence-corrected chi connectivity index (χ0v) is 35.3. The van der Waals surface area contributed by atoms with Crippen LogP contribution in [-0.2, 0) is 28.5 Å². The van der Waals surface area contributed by atoms with Crippen LogP contribution in [-0.4, -0.2) is 124 Å². The maximum Gasteiger partial charge on any atom is 0.312 e. The summed E-state index contributed by atoms with van der Waals surface area (Å²) in [5, 5.41) is 68.4. The van der Waals surface area contributed by atoms with Crippen LogP contribution in [0.3, 0.4) is 0 Å². The molecule has 6 rings (SSSR count). The van der Waals surface area contributed by atoms with Crippen LogP contribution in [0.1, 0.15) is 70.0 Å². The van der Waals surface area contributed by atoms with E-state index in [1.54, 1.807) is 39.8 Å². The highest BCUT2D eigenvalue weighted by Gasteiger charge is 2.50. The number of fused-ring (bicyclic) bond motifs is 14. The normalized spacial score (nSPS) is 31.5. The summed E-state index contributed by atoms with van der Waals surface area (Å²) in [6, 6.07) is 0. The van der Waals surface area contributed by atoms with E-state index in [-0.39, 0.29) is 44.5 Å². The summed E-state index contributed by atoms with van der Waals surface area (Å²) in [6.45, 7) is 14.6. The van der Waals surface area contributed by atoms with Gasteiger partial charge in [-0.3, -0.25) is 14.4 Å². The van der Waals surface area contributed by atoms with Gasteiger partial charge in [0.25, 0.3) is 11.7 Å². The summed E-state index contributed by atoms with van der Waals surface area (Å²) in [5.74, 6) is -8.68. The molecule has 0 aliphatic carbocycles. The molecule has 326 valence electrons. The van der Waals surface area contributed by atoms with Gasteiger partial charge in [-0.1, -0.05) is 45.9 Å². The Bertz CT molecular complexity index is 2120. The number of nitrogens with zero attached hydrogens (tertiary/aromatic N) is 3. The number of phenols is 3. The number of allylic oxidation sites excluding steroid dienone is 2. The Morgan fingerprint density at radius 3 is 2.28 bits per heavy atom. The van der Waals surface area contributed by atoms with Crippen LogP contribution in [0.5, 0.6) is 23.0 Å². The van der Waals surface area contributed by atoms with E-state index in [1.165, 1.54) is 59.6 Å². The van der Waals surface area contributed by atoms with Gasteiger partial charge in [0, 0.05) is 74.2 Å². The van der Waals surface area contributed by atoms with Crippen molar-refractivity contribution in [3.63, 3.8) is 0 Å². The van der Waals surface area contributed by atoms with Crippen LogP contribution < -0.4 is 10.1 Å². The van der Waals surface area contributed by atoms with Crippen molar-refractivity contribution in [2.45, 2.75) is 85.6 Å². The largest absolute Gasteiger partial charge is 0.507 e. The minimum absolute atomic E-state index is 0.0306. The number of carbonyl (C=O) groups excluding carboxylic acids is 3. The number of methoxy groups -OCH3 is 1. The number of ketones is 1. The molecule has 2 aromatic carbocycles. The van der Waals surface area contributed by atoms with E-state index in [0.717, 1.165) is 6.21 Å². The number of phenolic OH excluding ortho intramolecular Hbond substituents is 3. The van der Waals surface area contributed by atoms with Gasteiger partial charge >= 0.3 is 11.8 Å². The van der Waals surface area contributed by atoms with Crippen LogP contribution >= 0.6 is 0 Å². The lowest BCUT2D eigenvalue weighted by Crippen LogP contribution is -2.46. The summed E-state index contributed by atoms with van der Waals surface area (Å²) in [5.41, 5.74) is -0.624. The molecule has 60 heavy (non-hydrogen) atoms. The number of hydrogen-bond acceptors (Lipinski definition) is 15. The maximum absolute atomic E-state index is 14.4. The fourth-order valence-electron chi connectivity index (χ4n) is 7.76. The molecule has 0 unspecified atom stereocenters. The summed E-state index contributed by atoms with van der Waals surface area (Å²) < 4.78 is 28.9. The number of carbonyl (C=O) groups is 3. The molecular formula is C43H56N4O13. The Morgan fingerprint density at radius 1 is 0.950 bits per heavy atom. The first-order valence-electron chi connectivity index (χ1n) is 19.8. The Hall–Kier alpha value is -5.49. The fourth-order valence-corrected chi connectivity index (χ4v) is 7.76. The van der Waals surface area contributed by atoms with Crippen LogP contribution in [0.15, 0.2) is 46.3 Å². The predicted octanol–water partition coefficient (Wildman–Crippen LogP) is 4.45. The summed E-state index contributed by atoms with van der Waals surface area (Å²) in [4.78, 5) is 42.3. The molecule has 5 bridgehead atoms. The summed E-state index contributed by atoms with van der Waals surface area (Å²) >= 11 is 0. The van der Waals surface area contributed by atoms with Gasteiger partial charge in [0.2, 0.25) is 0 Å². The second kappa shape index (κ2) is 18.8. The SMILES string of the molecule is CO[C@H]1/C=C/O[C@@]2(C)Oc3c(C)c(O)c4c(O)c(c(/C=N/N=C/N5CCOCC5)c(O)c4c3C2=O)NC(=O)/C(C)=C\C=C\[C@@H](C)[C@H](O)[C@@H](C)[C@H](O)[C@H](C)[C@H](OC(C)=O)[C@@H]1C. The molecule has 4 aliphatic heterocycles. The van der Waals surface area contributed by atoms with Crippen molar-refractivity contribution >= 4 is 46.7 Å². The minimum Gasteiger partial charge on any atom is -0.507 e. The van der Waals surface area contributed by atoms with Crippen molar-refractivity contribution in [1.29, 1.82) is 0 Å². The number of benzene rings is 2. The molecule has 1 amide bonds. The number of Topliss-reactive ketones (excluding diaryl/α,β-unsaturated/α-hetero) is 1. The number of amides is 1. The van der Waals surface area contributed by atoms with Gasteiger partial charge in [0.1, 0.15) is 29.7 Å². The topological polar surface area (TPSA) is 238 Å². The van der Waals surface area contributed by atoms with Gasteiger partial charge in [-0.2, -0.15) is 5.10 Å². The molecule has 17 nitrogen and oxygen atoms in total. The lowest BCUT2D eigenvalue weighted by molar-refractivity contribution is -0.160. The number of anilines is 1. The molecule has 1 fully saturated rings. The average molecular weight is 837 g/mol. The van der Waals surface area contributed by atoms with Gasteiger partial charge in [-0.05, 0) is 19.9 Å². The number of rotatable bonds is 5. The van der Waals surface area contributed by atoms with E-state index in [2.05, 4.69) is 15.5 Å². The molecule has 0 spiro atoms. The number of hydrogen-bond donors (Lipinski definition) is 6. The Kier molecular flexibility index (Phi) is 14.3. The number of ether oxygens (including phenoxy) is 5. The molecule has 6 N–H and O–H groups in total. The van der Waals surface area contributed by atoms with E-state index < -0.39 is 88.8 Å². The summed E-state index contributed by atoms with van der Waals surface area (Å²) in [6.07, 6.45) is 6.00. The van der Waals surface area contributed by atoms with E-state index >= 15 is 0 Å². The molecule has 0 radical (unpaired) electrons. The average Bonchev–Trinajstić information content (AvgIpc) is 3.48. The molecule has 4 heterocycles. The third-order valence-electron chi connectivity index (χ3n) is 11.5. The van der Waals surface area contributed by atoms with Gasteiger partial charge in [-0.25, -0.2) is 0 Å². The first-order chi connectivity index (χ1) is 28.3. The molecule has 1 saturated heterocycles. The van der Waals surface area contributed by atoms with E-state index in [1.807, 2.05) is 4.90 Å². The number of esters is 1. The molecule has 0 aromatic heterocycles. The molecule has 4 aliphatic rings. The molecule has 2 aromatic rings. The van der Waals surface area contributed by atoms with Crippen molar-refractivity contribution in [2.24, 2.45) is 33.9 Å². The lowest BCUT2D eigenvalue weighted by atomic mass is 9.78. The predicted molar refractivity (Wildman–Crippen MR) is 222 cm³/mol. The molecule has 17 heteroatoms. The van der Waals surface area contributed by atoms with Crippen LogP contribution in [0, 0.1) is 30.6 Å². The van der Waals surface area contributed by atoms with Crippen molar-refractivity contribution in [3.8, 4) is 23.0 Å². The number of aromatic hydroxyl groups is 3. The van der Waals surface area contributed by atoms with Gasteiger partial charge < -0.3 is 59.4 Å². The number of nitrogens with one attached hydrogen (secondary N) is 1. The Morgan fingerprint density at radius 2 is 1.63 bits per heavy atom. The van der Waals surface area contributed by atoms with Crippen molar-refractivity contribution in [3.05, 3.63) is 52.8 Å². The standard InChI is InChI=1S/C43H56N4O13/c1-21-11-10-12-22(2)42(55)46-33-28(19-44-45-20-47-14-17-57-18-15-47)37(52)30-31(38(33)53)36(51)26(6)40-32(30)41(54)43(8,60-40)58-16-13-29(56-9)23(3)39(59-27(7)48)25(5)35(50)24(4)34(21)49/h10-13,16,19-21,23-25,29,34-35,39,49-53H,14-15,17-18H2,1-9H3,(H,46,55)/b11-10+,16-13+,22-12-,44-19+,45-20+/t21-,23-,24-,25+,29+,34+,35+,39-,43+/m1/s1. The number of morpholine rings is 1. The number of aliphatic hydroxyl groups excluding tert-OH is 2. The molecule has 0 saturated carbocycles. The second-order valence-electron chi connectivity index (χ2n) is 15.7. The van der Waals surface area contributed by atoms with E-state index in [9.17, 15) is 39.9 Å². The summed E-state index contributed by atoms with van der Waals surface area (Å²) in [7, 11) is 1.43. The first kappa shape index (κ1) is 45.6. The van der Waals surface area contributed by atoms with Crippen molar-refractivity contribution < 1.29 is 63.6 Å². The smallest absolute Gasteiger partial charge is 0.312 e. The van der Waals surface area contributed by atoms with Crippen LogP contribution in [0.4, 0.5) is 5.69 Å². The van der Waals surface area contributed by atoms with Crippen molar-refractivity contribution in [1.82, 2.24) is 4.90 Å². The molecular weight excluding hydrogens is 780 g/mol. The zero-order valence-electron chi connectivity index (χ0n) is 35.3. The van der Waals surface area contributed by atoms with Crippen molar-refractivity contribution in [2.75, 3.05) is 38.7 Å². The Labute approximate surface area is 348 Å². The Balaban J connectivity index is 1.69. The van der Waals surface area contributed by atoms with Gasteiger partial charge in [0.05, 0.1) is 66.2 Å². The van der Waals surface area contributed by atoms with E-state index in [0.29, 0.717) is 26.3 Å². The maximum atomic E-state index is 14.4. The third kappa shape index (κ3) is 9.13. The monoisotopic (exact) mass is 836 g/mol. The van der Waals surface area contributed by atoms with Crippen LogP contribution in [0.25, 0.3) is 10.8 Å². The lowest BCUT2D eigenvalue weighted by Gasteiger charge is -2.38. The third-order valence-corrected chi connectivity index (χ3v) is 11.5. The van der Waals surface area contributed by atoms with Gasteiger partial charge in [0.15, 0.2) is 5.75 Å². The number of aliphatic hydroxyl groups is 2. The molecule has 9 atom stereocenters. The van der Waals surface area contributed by atoms with Crippen LogP contribution in [0.2, 0.25) is 0 Å². The highest BCUT2D eigenvalue weighted by atomic mass is 16.7. The zero-order chi connectivity index (χ0) is 44.2. The second-order valence-corrected chi connectivity index (χ2v) is 15.7. The highest BCUT2D eigenvalue weighted by Crippen LogP contribution is 2.55. The van der Waals surface area contributed by atoms with E-state index in [4.69, 9.17) is 23.7 Å². The fraction of sp³-hybridized carbons (Fsp3) is 0.512. The highest BCUT2D eigenvalue weighted by molar-refractivity contribution is 6.23. The quantitative estimate of drug-likeness (QED) is 0.0610. The first-order valence-corrected chi connectivity index (χ1v) is 19.8. The minimum atomic E-state index is -2.07.